The maximum absolute atomic E-state index is 13.6. The van der Waals surface area contributed by atoms with Crippen molar-refractivity contribution in [1.82, 2.24) is 5.32 Å². The molecule has 118 valence electrons. The Hall–Kier alpha value is -2.18. The van der Waals surface area contributed by atoms with Crippen molar-refractivity contribution in [2.24, 2.45) is 5.92 Å². The van der Waals surface area contributed by atoms with Crippen LogP contribution in [0.4, 0.5) is 17.6 Å². The van der Waals surface area contributed by atoms with Crippen molar-refractivity contribution in [3.63, 3.8) is 0 Å². The number of ketones is 1. The van der Waals surface area contributed by atoms with E-state index in [1.807, 2.05) is 6.92 Å². The second-order valence-electron chi connectivity index (χ2n) is 5.30. The fourth-order valence-corrected chi connectivity index (χ4v) is 2.28. The van der Waals surface area contributed by atoms with E-state index in [1.165, 1.54) is 6.08 Å². The molecule has 0 radical (unpaired) electrons. The summed E-state index contributed by atoms with van der Waals surface area (Å²) in [6.45, 7) is 1.81. The largest absolute Gasteiger partial charge is 0.416 e. The van der Waals surface area contributed by atoms with E-state index in [0.717, 1.165) is 0 Å². The molecular weight excluding hydrogens is 302 g/mol. The third kappa shape index (κ3) is 3.72. The molecule has 0 aliphatic heterocycles. The lowest BCUT2D eigenvalue weighted by Gasteiger charge is -2.19. The Kier molecular flexibility index (Phi) is 4.35. The maximum Gasteiger partial charge on any atom is 0.416 e. The van der Waals surface area contributed by atoms with E-state index in [-0.39, 0.29) is 17.4 Å². The van der Waals surface area contributed by atoms with E-state index >= 15 is 0 Å². The van der Waals surface area contributed by atoms with Gasteiger partial charge in [0.1, 0.15) is 5.82 Å². The number of carbonyl (C=O) groups is 2. The monoisotopic (exact) mass is 315 g/mol. The summed E-state index contributed by atoms with van der Waals surface area (Å²) < 4.78 is 51.4. The number of amides is 1. The molecule has 0 heterocycles. The van der Waals surface area contributed by atoms with E-state index in [0.29, 0.717) is 31.0 Å². The lowest BCUT2D eigenvalue weighted by Crippen LogP contribution is -2.28. The first-order chi connectivity index (χ1) is 10.2. The minimum Gasteiger partial charge on any atom is -0.325 e. The molecule has 1 aromatic rings. The molecule has 7 heteroatoms. The number of benzene rings is 1. The molecule has 22 heavy (non-hydrogen) atoms. The van der Waals surface area contributed by atoms with Crippen molar-refractivity contribution in [2.75, 3.05) is 0 Å². The summed E-state index contributed by atoms with van der Waals surface area (Å²) in [4.78, 5) is 23.4. The summed E-state index contributed by atoms with van der Waals surface area (Å²) >= 11 is 0. The number of alkyl halides is 3. The average molecular weight is 315 g/mol. The van der Waals surface area contributed by atoms with Crippen molar-refractivity contribution in [1.29, 1.82) is 0 Å². The van der Waals surface area contributed by atoms with Crippen LogP contribution < -0.4 is 5.32 Å². The van der Waals surface area contributed by atoms with Gasteiger partial charge in [-0.1, -0.05) is 6.92 Å². The molecule has 1 unspecified atom stereocenters. The Morgan fingerprint density at radius 1 is 1.27 bits per heavy atom. The first-order valence-electron chi connectivity index (χ1n) is 6.58. The molecule has 0 aromatic heterocycles. The second kappa shape index (κ2) is 5.90. The van der Waals surface area contributed by atoms with Gasteiger partial charge in [-0.15, -0.1) is 0 Å². The SMILES string of the molecule is CC1CC(=O)C=C(NC(=O)c2cc(C(F)(F)F)ccc2F)C1. The van der Waals surface area contributed by atoms with Crippen LogP contribution in [0.2, 0.25) is 0 Å². The molecule has 1 aliphatic rings. The third-order valence-electron chi connectivity index (χ3n) is 3.27. The Labute approximate surface area is 124 Å². The zero-order valence-electron chi connectivity index (χ0n) is 11.6. The lowest BCUT2D eigenvalue weighted by atomic mass is 9.93. The van der Waals surface area contributed by atoms with Gasteiger partial charge in [-0.05, 0) is 30.5 Å². The molecule has 0 saturated heterocycles. The van der Waals surface area contributed by atoms with Crippen LogP contribution in [0.15, 0.2) is 30.0 Å². The fraction of sp³-hybridized carbons (Fsp3) is 0.333. The van der Waals surface area contributed by atoms with Gasteiger partial charge in [0.25, 0.3) is 5.91 Å². The van der Waals surface area contributed by atoms with Crippen molar-refractivity contribution >= 4 is 11.7 Å². The van der Waals surface area contributed by atoms with E-state index in [9.17, 15) is 27.2 Å². The van der Waals surface area contributed by atoms with Gasteiger partial charge >= 0.3 is 6.18 Å². The number of rotatable bonds is 2. The molecule has 1 aliphatic carbocycles. The van der Waals surface area contributed by atoms with Crippen LogP contribution in [0, 0.1) is 11.7 Å². The number of allylic oxidation sites excluding steroid dienone is 2. The van der Waals surface area contributed by atoms with Crippen molar-refractivity contribution in [3.05, 3.63) is 46.9 Å². The Balaban J connectivity index is 2.25. The van der Waals surface area contributed by atoms with Gasteiger partial charge in [-0.3, -0.25) is 9.59 Å². The highest BCUT2D eigenvalue weighted by atomic mass is 19.4. The number of nitrogens with one attached hydrogen (secondary N) is 1. The zero-order valence-corrected chi connectivity index (χ0v) is 11.6. The van der Waals surface area contributed by atoms with Gasteiger partial charge in [0.2, 0.25) is 0 Å². The molecule has 1 N–H and O–H groups in total. The van der Waals surface area contributed by atoms with Crippen molar-refractivity contribution < 1.29 is 27.2 Å². The van der Waals surface area contributed by atoms with E-state index in [2.05, 4.69) is 5.32 Å². The molecule has 0 spiro atoms. The summed E-state index contributed by atoms with van der Waals surface area (Å²) in [6, 6.07) is 1.62. The highest BCUT2D eigenvalue weighted by Gasteiger charge is 2.32. The van der Waals surface area contributed by atoms with E-state index in [4.69, 9.17) is 0 Å². The van der Waals surface area contributed by atoms with Crippen LogP contribution in [-0.2, 0) is 11.0 Å². The molecule has 0 saturated carbocycles. The molecule has 1 atom stereocenters. The number of halogens is 4. The molecule has 1 amide bonds. The topological polar surface area (TPSA) is 46.2 Å². The standard InChI is InChI=1S/C15H13F4NO2/c1-8-4-10(7-11(21)5-8)20-14(22)12-6-9(15(17,18)19)2-3-13(12)16/h2-3,6-8H,4-5H2,1H3,(H,20,22). The first kappa shape index (κ1) is 16.2. The molecule has 2 rings (SSSR count). The summed E-state index contributed by atoms with van der Waals surface area (Å²) in [7, 11) is 0. The predicted molar refractivity (Wildman–Crippen MR) is 70.4 cm³/mol. The average Bonchev–Trinajstić information content (AvgIpc) is 2.36. The van der Waals surface area contributed by atoms with Crippen LogP contribution in [0.1, 0.15) is 35.7 Å². The molecule has 0 fully saturated rings. The van der Waals surface area contributed by atoms with Gasteiger partial charge in [0, 0.05) is 18.2 Å². The van der Waals surface area contributed by atoms with Gasteiger partial charge in [0.05, 0.1) is 11.1 Å². The number of hydrogen-bond acceptors (Lipinski definition) is 2. The van der Waals surface area contributed by atoms with Crippen molar-refractivity contribution in [2.45, 2.75) is 25.9 Å². The Bertz CT molecular complexity index is 649. The first-order valence-corrected chi connectivity index (χ1v) is 6.58. The van der Waals surface area contributed by atoms with Gasteiger partial charge in [-0.2, -0.15) is 13.2 Å². The minimum atomic E-state index is -4.67. The fourth-order valence-electron chi connectivity index (χ4n) is 2.28. The van der Waals surface area contributed by atoms with Crippen LogP contribution >= 0.6 is 0 Å². The van der Waals surface area contributed by atoms with Crippen molar-refractivity contribution in [3.8, 4) is 0 Å². The highest BCUT2D eigenvalue weighted by Crippen LogP contribution is 2.30. The van der Waals surface area contributed by atoms with Crippen LogP contribution in [0.25, 0.3) is 0 Å². The van der Waals surface area contributed by atoms with Crippen LogP contribution in [-0.4, -0.2) is 11.7 Å². The minimum absolute atomic E-state index is 0.0131. The number of hydrogen-bond donors (Lipinski definition) is 1. The molecule has 0 bridgehead atoms. The summed E-state index contributed by atoms with van der Waals surface area (Å²) in [6.07, 6.45) is -2.70. The van der Waals surface area contributed by atoms with Gasteiger partial charge in [-0.25, -0.2) is 4.39 Å². The molecular formula is C15H13F4NO2. The van der Waals surface area contributed by atoms with E-state index in [1.54, 1.807) is 0 Å². The van der Waals surface area contributed by atoms with Crippen LogP contribution in [0.3, 0.4) is 0 Å². The smallest absolute Gasteiger partial charge is 0.325 e. The highest BCUT2D eigenvalue weighted by molar-refractivity contribution is 5.97. The third-order valence-corrected chi connectivity index (χ3v) is 3.27. The van der Waals surface area contributed by atoms with Gasteiger partial charge in [0.15, 0.2) is 5.78 Å². The summed E-state index contributed by atoms with van der Waals surface area (Å²) in [5.41, 5.74) is -1.53. The zero-order chi connectivity index (χ0) is 16.5. The van der Waals surface area contributed by atoms with Gasteiger partial charge < -0.3 is 5.32 Å². The van der Waals surface area contributed by atoms with E-state index < -0.39 is 29.0 Å². The molecule has 1 aromatic carbocycles. The quantitative estimate of drug-likeness (QED) is 0.850. The predicted octanol–water partition coefficient (Wildman–Crippen LogP) is 3.46. The molecule has 3 nitrogen and oxygen atoms in total. The normalized spacial score (nSPS) is 18.9. The Morgan fingerprint density at radius 2 is 1.95 bits per heavy atom. The summed E-state index contributed by atoms with van der Waals surface area (Å²) in [5, 5.41) is 2.31. The Morgan fingerprint density at radius 3 is 2.55 bits per heavy atom. The number of carbonyl (C=O) groups excluding carboxylic acids is 2. The van der Waals surface area contributed by atoms with Crippen LogP contribution in [0.5, 0.6) is 0 Å². The maximum atomic E-state index is 13.6. The second-order valence-corrected chi connectivity index (χ2v) is 5.30. The lowest BCUT2D eigenvalue weighted by molar-refractivity contribution is -0.137. The summed E-state index contributed by atoms with van der Waals surface area (Å²) in [5.74, 6) is -2.23.